The van der Waals surface area contributed by atoms with Gasteiger partial charge in [-0.3, -0.25) is 9.59 Å². The Morgan fingerprint density at radius 2 is 1.55 bits per heavy atom. The molecule has 1 aliphatic rings. The highest BCUT2D eigenvalue weighted by Gasteiger charge is 2.18. The van der Waals surface area contributed by atoms with Gasteiger partial charge in [-0.2, -0.15) is 0 Å². The van der Waals surface area contributed by atoms with E-state index in [0.717, 1.165) is 25.1 Å². The Balaban J connectivity index is 1.39. The molecule has 0 radical (unpaired) electrons. The Morgan fingerprint density at radius 1 is 0.828 bits per heavy atom. The summed E-state index contributed by atoms with van der Waals surface area (Å²) in [5.41, 5.74) is 4.31. The third-order valence-corrected chi connectivity index (χ3v) is 4.98. The summed E-state index contributed by atoms with van der Waals surface area (Å²) in [4.78, 5) is 27.0. The van der Waals surface area contributed by atoms with Crippen LogP contribution in [-0.2, 0) is 11.2 Å². The first-order valence-corrected chi connectivity index (χ1v) is 9.78. The van der Waals surface area contributed by atoms with Crippen LogP contribution >= 0.6 is 0 Å². The molecule has 2 N–H and O–H groups in total. The zero-order valence-electron chi connectivity index (χ0n) is 16.1. The molecule has 0 aliphatic carbocycles. The van der Waals surface area contributed by atoms with Crippen LogP contribution in [0, 0.1) is 0 Å². The van der Waals surface area contributed by atoms with E-state index in [1.165, 1.54) is 5.56 Å². The molecular formula is C24H23N3O2. The molecule has 3 aromatic carbocycles. The first-order valence-electron chi connectivity index (χ1n) is 9.78. The van der Waals surface area contributed by atoms with Gasteiger partial charge in [0.25, 0.3) is 5.91 Å². The van der Waals surface area contributed by atoms with E-state index < -0.39 is 0 Å². The average Bonchev–Trinajstić information content (AvgIpc) is 2.75. The van der Waals surface area contributed by atoms with E-state index in [2.05, 4.69) is 27.7 Å². The maximum Gasteiger partial charge on any atom is 0.255 e. The van der Waals surface area contributed by atoms with Crippen molar-refractivity contribution in [2.24, 2.45) is 0 Å². The Morgan fingerprint density at radius 3 is 2.38 bits per heavy atom. The first-order chi connectivity index (χ1) is 14.2. The Labute approximate surface area is 170 Å². The number of rotatable bonds is 5. The van der Waals surface area contributed by atoms with Crippen LogP contribution in [0.5, 0.6) is 0 Å². The maximum absolute atomic E-state index is 12.6. The summed E-state index contributed by atoms with van der Waals surface area (Å²) in [6, 6.07) is 24.5. The highest BCUT2D eigenvalue weighted by atomic mass is 16.2. The minimum atomic E-state index is -0.181. The highest BCUT2D eigenvalue weighted by Crippen LogP contribution is 2.26. The second-order valence-corrected chi connectivity index (χ2v) is 7.10. The molecular weight excluding hydrogens is 362 g/mol. The van der Waals surface area contributed by atoms with Crippen LogP contribution in [0.4, 0.5) is 17.1 Å². The molecule has 1 heterocycles. The summed E-state index contributed by atoms with van der Waals surface area (Å²) in [5, 5.41) is 5.81. The molecule has 3 aromatic rings. The molecule has 0 saturated carbocycles. The molecule has 0 unspecified atom stereocenters. The largest absolute Gasteiger partial charge is 0.362 e. The molecule has 0 aromatic heterocycles. The lowest BCUT2D eigenvalue weighted by molar-refractivity contribution is -0.115. The van der Waals surface area contributed by atoms with Gasteiger partial charge < -0.3 is 15.5 Å². The van der Waals surface area contributed by atoms with Gasteiger partial charge in [0.1, 0.15) is 0 Å². The van der Waals surface area contributed by atoms with Crippen LogP contribution in [0.25, 0.3) is 0 Å². The van der Waals surface area contributed by atoms with Gasteiger partial charge in [0, 0.05) is 29.2 Å². The van der Waals surface area contributed by atoms with Gasteiger partial charge in [-0.05, 0) is 54.8 Å². The number of nitrogens with one attached hydrogen (secondary N) is 2. The fourth-order valence-electron chi connectivity index (χ4n) is 3.62. The Hall–Kier alpha value is -3.60. The zero-order chi connectivity index (χ0) is 20.1. The lowest BCUT2D eigenvalue weighted by Gasteiger charge is -2.30. The highest BCUT2D eigenvalue weighted by molar-refractivity contribution is 6.04. The second-order valence-electron chi connectivity index (χ2n) is 7.10. The minimum absolute atomic E-state index is 0.0757. The van der Waals surface area contributed by atoms with Crippen molar-refractivity contribution in [2.75, 3.05) is 28.6 Å². The third-order valence-electron chi connectivity index (χ3n) is 4.98. The van der Waals surface area contributed by atoms with Crippen molar-refractivity contribution in [1.29, 1.82) is 0 Å². The summed E-state index contributed by atoms with van der Waals surface area (Å²) in [7, 11) is 0. The van der Waals surface area contributed by atoms with Crippen molar-refractivity contribution in [3.8, 4) is 0 Å². The van der Waals surface area contributed by atoms with E-state index >= 15 is 0 Å². The van der Waals surface area contributed by atoms with Gasteiger partial charge in [-0.15, -0.1) is 0 Å². The van der Waals surface area contributed by atoms with Gasteiger partial charge in [0.15, 0.2) is 0 Å². The maximum atomic E-state index is 12.6. The van der Waals surface area contributed by atoms with E-state index in [4.69, 9.17) is 0 Å². The molecule has 0 bridgehead atoms. The number of carbonyl (C=O) groups is 2. The van der Waals surface area contributed by atoms with Crippen LogP contribution in [0.2, 0.25) is 0 Å². The molecule has 0 spiro atoms. The van der Waals surface area contributed by atoms with Crippen LogP contribution < -0.4 is 15.5 Å². The summed E-state index contributed by atoms with van der Waals surface area (Å²) >= 11 is 0. The number of hydrogen-bond donors (Lipinski definition) is 2. The van der Waals surface area contributed by atoms with Crippen LogP contribution in [0.15, 0.2) is 78.9 Å². The normalized spacial score (nSPS) is 12.8. The lowest BCUT2D eigenvalue weighted by atomic mass is 10.0. The predicted octanol–water partition coefficient (Wildman–Crippen LogP) is 4.33. The molecule has 4 rings (SSSR count). The van der Waals surface area contributed by atoms with Crippen molar-refractivity contribution in [3.63, 3.8) is 0 Å². The van der Waals surface area contributed by atoms with E-state index in [-0.39, 0.29) is 11.8 Å². The molecule has 5 nitrogen and oxygen atoms in total. The average molecular weight is 385 g/mol. The molecule has 0 saturated heterocycles. The first kappa shape index (κ1) is 18.7. The molecule has 0 fully saturated rings. The van der Waals surface area contributed by atoms with E-state index in [1.807, 2.05) is 42.5 Å². The summed E-state index contributed by atoms with van der Waals surface area (Å²) < 4.78 is 0. The van der Waals surface area contributed by atoms with Crippen LogP contribution in [-0.4, -0.2) is 24.9 Å². The van der Waals surface area contributed by atoms with E-state index in [0.29, 0.717) is 23.5 Å². The minimum Gasteiger partial charge on any atom is -0.362 e. The smallest absolute Gasteiger partial charge is 0.255 e. The number of nitrogens with zero attached hydrogens (tertiary/aromatic N) is 1. The topological polar surface area (TPSA) is 61.4 Å². The number of hydrogen-bond acceptors (Lipinski definition) is 3. The molecule has 5 heteroatoms. The van der Waals surface area contributed by atoms with E-state index in [1.54, 1.807) is 24.3 Å². The monoisotopic (exact) mass is 385 g/mol. The number of carbonyl (C=O) groups excluding carboxylic acids is 2. The van der Waals surface area contributed by atoms with Crippen molar-refractivity contribution in [1.82, 2.24) is 0 Å². The summed E-state index contributed by atoms with van der Waals surface area (Å²) in [6.07, 6.45) is 2.10. The quantitative estimate of drug-likeness (QED) is 0.687. The van der Waals surface area contributed by atoms with Crippen molar-refractivity contribution in [3.05, 3.63) is 90.0 Å². The zero-order valence-corrected chi connectivity index (χ0v) is 16.1. The van der Waals surface area contributed by atoms with Crippen molar-refractivity contribution >= 4 is 28.9 Å². The lowest BCUT2D eigenvalue weighted by Crippen LogP contribution is -2.36. The SMILES string of the molecule is O=C(CN1CCCc2ccccc21)Nc1cccc(NC(=O)c2ccccc2)c1. The molecule has 146 valence electrons. The fourth-order valence-corrected chi connectivity index (χ4v) is 3.62. The molecule has 0 atom stereocenters. The Kier molecular flexibility index (Phi) is 5.56. The fraction of sp³-hybridized carbons (Fsp3) is 0.167. The van der Waals surface area contributed by atoms with Gasteiger partial charge in [0.2, 0.25) is 5.91 Å². The van der Waals surface area contributed by atoms with Crippen molar-refractivity contribution < 1.29 is 9.59 Å². The third kappa shape index (κ3) is 4.63. The van der Waals surface area contributed by atoms with Crippen LogP contribution in [0.1, 0.15) is 22.3 Å². The second kappa shape index (κ2) is 8.61. The van der Waals surface area contributed by atoms with E-state index in [9.17, 15) is 9.59 Å². The summed E-state index contributed by atoms with van der Waals surface area (Å²) in [6.45, 7) is 1.18. The standard InChI is InChI=1S/C24H23N3O2/c28-23(17-27-15-7-11-18-8-4-5-14-22(18)27)25-20-12-6-13-21(16-20)26-24(29)19-9-2-1-3-10-19/h1-6,8-10,12-14,16H,7,11,15,17H2,(H,25,28)(H,26,29). The van der Waals surface area contributed by atoms with Gasteiger partial charge in [-0.25, -0.2) is 0 Å². The van der Waals surface area contributed by atoms with Gasteiger partial charge >= 0.3 is 0 Å². The molecule has 2 amide bonds. The van der Waals surface area contributed by atoms with Gasteiger partial charge in [-0.1, -0.05) is 42.5 Å². The van der Waals surface area contributed by atoms with Crippen molar-refractivity contribution in [2.45, 2.75) is 12.8 Å². The molecule has 1 aliphatic heterocycles. The predicted molar refractivity (Wildman–Crippen MR) is 116 cm³/mol. The number of fused-ring (bicyclic) bond motifs is 1. The Bertz CT molecular complexity index is 1020. The number of amides is 2. The van der Waals surface area contributed by atoms with Crippen LogP contribution in [0.3, 0.4) is 0 Å². The summed E-state index contributed by atoms with van der Waals surface area (Å²) in [5.74, 6) is -0.257. The number of para-hydroxylation sites is 1. The number of anilines is 3. The van der Waals surface area contributed by atoms with Gasteiger partial charge in [0.05, 0.1) is 6.54 Å². The number of aryl methyl sites for hydroxylation is 1. The number of benzene rings is 3. The molecule has 29 heavy (non-hydrogen) atoms.